The number of likely N-dealkylation sites (N-methyl/N-ethyl adjacent to an activating group) is 1. The van der Waals surface area contributed by atoms with Crippen LogP contribution in [-0.2, 0) is 0 Å². The van der Waals surface area contributed by atoms with Crippen LogP contribution < -0.4 is 5.43 Å². The van der Waals surface area contributed by atoms with Gasteiger partial charge in [-0.1, -0.05) is 41.2 Å². The molecule has 1 saturated carbocycles. The maximum absolute atomic E-state index is 12.7. The minimum absolute atomic E-state index is 0.000241. The smallest absolute Gasteiger partial charge is 0.341 e. The molecule has 0 amide bonds. The van der Waals surface area contributed by atoms with Gasteiger partial charge in [-0.25, -0.2) is 4.79 Å². The van der Waals surface area contributed by atoms with Gasteiger partial charge in [0, 0.05) is 37.0 Å². The zero-order valence-electron chi connectivity index (χ0n) is 19.9. The number of carboxylic acid groups (broad SMARTS) is 1. The lowest BCUT2D eigenvalue weighted by Crippen LogP contribution is -2.42. The summed E-state index contributed by atoms with van der Waals surface area (Å²) in [5.41, 5.74) is 3.71. The molecule has 1 aliphatic heterocycles. The number of aromatic nitrogens is 1. The summed E-state index contributed by atoms with van der Waals surface area (Å²) in [4.78, 5) is 26.5. The van der Waals surface area contributed by atoms with Crippen molar-refractivity contribution in [2.45, 2.75) is 53.5 Å². The number of furan rings is 1. The fraction of sp³-hybridized carbons (Fsp3) is 0.462. The minimum atomic E-state index is -1.20. The van der Waals surface area contributed by atoms with Gasteiger partial charge in [0.1, 0.15) is 5.56 Å². The highest BCUT2D eigenvalue weighted by atomic mass is 16.4. The second-order valence-corrected chi connectivity index (χ2v) is 9.45. The maximum Gasteiger partial charge on any atom is 0.341 e. The predicted octanol–water partition coefficient (Wildman–Crippen LogP) is 5.53. The van der Waals surface area contributed by atoms with E-state index in [9.17, 15) is 14.7 Å². The number of nitrogens with zero attached hydrogens (tertiary/aromatic N) is 2. The Hall–Kier alpha value is -3.02. The molecule has 1 atom stereocenters. The lowest BCUT2D eigenvalue weighted by atomic mass is 9.83. The van der Waals surface area contributed by atoms with Crippen molar-refractivity contribution < 1.29 is 14.3 Å². The molecule has 0 aromatic carbocycles. The maximum atomic E-state index is 12.7. The van der Waals surface area contributed by atoms with Crippen molar-refractivity contribution >= 4 is 17.2 Å². The predicted molar refractivity (Wildman–Crippen MR) is 128 cm³/mol. The van der Waals surface area contributed by atoms with Crippen LogP contribution >= 0.6 is 0 Å². The fourth-order valence-electron chi connectivity index (χ4n) is 4.32. The largest absolute Gasteiger partial charge is 0.477 e. The van der Waals surface area contributed by atoms with E-state index < -0.39 is 11.4 Å². The fourth-order valence-corrected chi connectivity index (χ4v) is 4.32. The summed E-state index contributed by atoms with van der Waals surface area (Å²) in [6.45, 7) is 15.5. The molecule has 2 aromatic rings. The molecule has 6 nitrogen and oxygen atoms in total. The first kappa shape index (κ1) is 23.6. The Balaban J connectivity index is 0.00000141. The molecule has 0 bridgehead atoms. The van der Waals surface area contributed by atoms with E-state index in [0.29, 0.717) is 12.5 Å². The Morgan fingerprint density at radius 3 is 2.41 bits per heavy atom. The first-order chi connectivity index (χ1) is 15.1. The normalized spacial score (nSPS) is 19.6. The Morgan fingerprint density at radius 1 is 1.25 bits per heavy atom. The van der Waals surface area contributed by atoms with Crippen LogP contribution in [0.3, 0.4) is 0 Å². The van der Waals surface area contributed by atoms with E-state index in [0.717, 1.165) is 40.9 Å². The topological polar surface area (TPSA) is 75.7 Å². The van der Waals surface area contributed by atoms with E-state index >= 15 is 0 Å². The molecular formula is C26H34N2O4. The molecule has 2 aliphatic rings. The summed E-state index contributed by atoms with van der Waals surface area (Å²) < 4.78 is 7.34. The number of pyridine rings is 1. The summed E-state index contributed by atoms with van der Waals surface area (Å²) in [6, 6.07) is 3.38. The van der Waals surface area contributed by atoms with Crippen molar-refractivity contribution in [3.8, 4) is 0 Å². The third-order valence-corrected chi connectivity index (χ3v) is 6.15. The Bertz CT molecular complexity index is 1100. The van der Waals surface area contributed by atoms with Gasteiger partial charge in [0.05, 0.1) is 30.0 Å². The van der Waals surface area contributed by atoms with Crippen molar-refractivity contribution in [3.63, 3.8) is 0 Å². The average molecular weight is 439 g/mol. The second-order valence-electron chi connectivity index (χ2n) is 9.45. The van der Waals surface area contributed by atoms with Gasteiger partial charge in [0.15, 0.2) is 5.43 Å². The minimum Gasteiger partial charge on any atom is -0.477 e. The summed E-state index contributed by atoms with van der Waals surface area (Å²) in [6.07, 6.45) is 7.06. The van der Waals surface area contributed by atoms with Crippen LogP contribution in [0.2, 0.25) is 0 Å². The summed E-state index contributed by atoms with van der Waals surface area (Å²) >= 11 is 0. The van der Waals surface area contributed by atoms with Crippen LogP contribution in [-0.4, -0.2) is 34.1 Å². The van der Waals surface area contributed by atoms with Gasteiger partial charge in [-0.2, -0.15) is 0 Å². The van der Waals surface area contributed by atoms with E-state index in [1.54, 1.807) is 12.5 Å². The third kappa shape index (κ3) is 4.31. The number of carboxylic acids is 1. The summed E-state index contributed by atoms with van der Waals surface area (Å²) in [5.74, 6) is -0.778. The Morgan fingerprint density at radius 2 is 1.91 bits per heavy atom. The molecule has 1 fully saturated rings. The molecule has 1 N–H and O–H groups in total. The van der Waals surface area contributed by atoms with Crippen LogP contribution in [0.25, 0.3) is 11.3 Å². The highest BCUT2D eigenvalue weighted by Crippen LogP contribution is 2.47. The van der Waals surface area contributed by atoms with Crippen LogP contribution in [0, 0.1) is 11.3 Å². The van der Waals surface area contributed by atoms with Crippen LogP contribution in [0.1, 0.15) is 75.1 Å². The molecule has 32 heavy (non-hydrogen) atoms. The Labute approximate surface area is 189 Å². The molecule has 0 spiro atoms. The van der Waals surface area contributed by atoms with E-state index in [1.807, 2.05) is 31.5 Å². The summed E-state index contributed by atoms with van der Waals surface area (Å²) in [5, 5.41) is 9.54. The molecule has 1 unspecified atom stereocenters. The van der Waals surface area contributed by atoms with Crippen LogP contribution in [0.5, 0.6) is 0 Å². The quantitative estimate of drug-likeness (QED) is 0.679. The summed E-state index contributed by atoms with van der Waals surface area (Å²) in [7, 11) is 2.02. The zero-order chi connectivity index (χ0) is 23.8. The molecule has 172 valence electrons. The molecule has 1 aliphatic carbocycles. The molecule has 6 heteroatoms. The lowest BCUT2D eigenvalue weighted by Gasteiger charge is -2.44. The van der Waals surface area contributed by atoms with Crippen molar-refractivity contribution in [1.82, 2.24) is 9.47 Å². The molecule has 2 aromatic heterocycles. The van der Waals surface area contributed by atoms with Crippen molar-refractivity contribution in [2.24, 2.45) is 11.3 Å². The first-order valence-corrected chi connectivity index (χ1v) is 11.3. The van der Waals surface area contributed by atoms with Gasteiger partial charge in [-0.3, -0.25) is 4.79 Å². The number of hydrogen-bond donors (Lipinski definition) is 1. The Kier molecular flexibility index (Phi) is 6.54. The van der Waals surface area contributed by atoms with E-state index in [1.165, 1.54) is 12.3 Å². The highest BCUT2D eigenvalue weighted by molar-refractivity contribution is 5.97. The standard InChI is InChI=1S/C24H28N2O4.C2H6/c1-14(15-6-7-15)21(16-8-9-30-13-16)22-18-10-19(27)17(23(28)29)11-26(18)20(12-25(22)5)24(2,3)4;1-2/h8-11,13,15,20H,1,6-7,12H2,2-5H3,(H,28,29);1-2H3/b22-21+;. The van der Waals surface area contributed by atoms with Gasteiger partial charge >= 0.3 is 5.97 Å². The zero-order valence-corrected chi connectivity index (χ0v) is 19.9. The second kappa shape index (κ2) is 8.85. The van der Waals surface area contributed by atoms with Gasteiger partial charge in [-0.05, 0) is 35.8 Å². The van der Waals surface area contributed by atoms with E-state index in [4.69, 9.17) is 4.42 Å². The monoisotopic (exact) mass is 438 g/mol. The third-order valence-electron chi connectivity index (χ3n) is 6.15. The SMILES string of the molecule is C=C(/C(=C1/c2cc(=O)c(C(=O)O)cn2C(C(C)(C)C)CN1C)c1ccoc1)C1CC1.CC. The van der Waals surface area contributed by atoms with E-state index in [-0.39, 0.29) is 17.0 Å². The van der Waals surface area contributed by atoms with Crippen molar-refractivity contribution in [1.29, 1.82) is 0 Å². The van der Waals surface area contributed by atoms with Gasteiger partial charge in [-0.15, -0.1) is 0 Å². The van der Waals surface area contributed by atoms with Crippen LogP contribution in [0.15, 0.2) is 52.2 Å². The molecular weight excluding hydrogens is 404 g/mol. The number of hydrogen-bond acceptors (Lipinski definition) is 4. The van der Waals surface area contributed by atoms with Crippen molar-refractivity contribution in [2.75, 3.05) is 13.6 Å². The highest BCUT2D eigenvalue weighted by Gasteiger charge is 2.38. The van der Waals surface area contributed by atoms with Gasteiger partial charge in [0.25, 0.3) is 0 Å². The number of rotatable bonds is 4. The lowest BCUT2D eigenvalue weighted by molar-refractivity contribution is 0.0693. The first-order valence-electron chi connectivity index (χ1n) is 11.3. The average Bonchev–Trinajstić information content (AvgIpc) is 3.45. The molecule has 3 heterocycles. The number of carbonyl (C=O) groups is 1. The van der Waals surface area contributed by atoms with Crippen molar-refractivity contribution in [3.05, 3.63) is 70.1 Å². The van der Waals surface area contributed by atoms with Crippen LogP contribution in [0.4, 0.5) is 0 Å². The molecule has 0 radical (unpaired) electrons. The molecule has 4 rings (SSSR count). The van der Waals surface area contributed by atoms with E-state index in [2.05, 4.69) is 32.3 Å². The number of fused-ring (bicyclic) bond motifs is 1. The number of aromatic carboxylic acids is 1. The number of allylic oxidation sites excluding steroid dienone is 2. The van der Waals surface area contributed by atoms with Gasteiger partial charge in [0.2, 0.25) is 0 Å². The van der Waals surface area contributed by atoms with Gasteiger partial charge < -0.3 is 19.0 Å². The molecule has 0 saturated heterocycles.